The standard InChI is InChI=1S/C16H20N/c1-12(2)14-9-10-17(4)16(11-14)15-8-6-5-7-13(15)3/h5-12H,1-4H3/q+1/i12D. The zero-order valence-electron chi connectivity index (χ0n) is 12.0. The van der Waals surface area contributed by atoms with E-state index in [2.05, 4.69) is 41.8 Å². The number of hydrogen-bond donors (Lipinski definition) is 0. The van der Waals surface area contributed by atoms with Crippen molar-refractivity contribution in [1.29, 1.82) is 0 Å². The van der Waals surface area contributed by atoms with Crippen molar-refractivity contribution in [3.63, 3.8) is 0 Å². The molecule has 0 N–H and O–H groups in total. The van der Waals surface area contributed by atoms with E-state index in [1.54, 1.807) is 0 Å². The van der Waals surface area contributed by atoms with Crippen LogP contribution in [-0.4, -0.2) is 0 Å². The molecule has 0 amide bonds. The molecular weight excluding hydrogens is 206 g/mol. The number of pyridine rings is 1. The maximum absolute atomic E-state index is 8.15. The first-order chi connectivity index (χ1) is 8.39. The molecule has 0 aliphatic heterocycles. The molecule has 1 aromatic carbocycles. The van der Waals surface area contributed by atoms with Gasteiger partial charge in [0.05, 0.1) is 0 Å². The highest BCUT2D eigenvalue weighted by Crippen LogP contribution is 2.23. The SMILES string of the molecule is [2H]C(C)(C)c1cc[n+](C)c(-c2ccccc2C)c1. The Balaban J connectivity index is 2.61. The zero-order chi connectivity index (χ0) is 13.3. The van der Waals surface area contributed by atoms with Crippen molar-refractivity contribution in [3.8, 4) is 11.3 Å². The Morgan fingerprint density at radius 1 is 1.18 bits per heavy atom. The number of rotatable bonds is 2. The van der Waals surface area contributed by atoms with Gasteiger partial charge in [-0.1, -0.05) is 32.0 Å². The molecule has 0 saturated heterocycles. The van der Waals surface area contributed by atoms with Crippen molar-refractivity contribution >= 4 is 0 Å². The van der Waals surface area contributed by atoms with E-state index in [0.717, 1.165) is 11.3 Å². The van der Waals surface area contributed by atoms with E-state index in [1.807, 2.05) is 33.2 Å². The summed E-state index contributed by atoms with van der Waals surface area (Å²) in [5.41, 5.74) is 4.68. The summed E-state index contributed by atoms with van der Waals surface area (Å²) >= 11 is 0. The summed E-state index contributed by atoms with van der Waals surface area (Å²) in [6.45, 7) is 5.96. The minimum atomic E-state index is -0.564. The van der Waals surface area contributed by atoms with Crippen molar-refractivity contribution in [1.82, 2.24) is 0 Å². The predicted octanol–water partition coefficient (Wildman–Crippen LogP) is 3.61. The van der Waals surface area contributed by atoms with Crippen LogP contribution in [0.5, 0.6) is 0 Å². The second-order valence-electron chi connectivity index (χ2n) is 4.73. The minimum absolute atomic E-state index is 0.564. The number of aromatic nitrogens is 1. The third-order valence-electron chi connectivity index (χ3n) is 3.15. The highest BCUT2D eigenvalue weighted by atomic mass is 14.9. The second kappa shape index (κ2) is 4.70. The first-order valence-electron chi connectivity index (χ1n) is 6.46. The molecule has 0 fully saturated rings. The molecule has 0 radical (unpaired) electrons. The molecule has 2 aromatic rings. The van der Waals surface area contributed by atoms with Crippen molar-refractivity contribution in [2.24, 2.45) is 7.05 Å². The zero-order valence-corrected chi connectivity index (χ0v) is 11.0. The van der Waals surface area contributed by atoms with Gasteiger partial charge in [0.1, 0.15) is 7.05 Å². The van der Waals surface area contributed by atoms with E-state index in [-0.39, 0.29) is 0 Å². The average Bonchev–Trinajstić information content (AvgIpc) is 2.29. The van der Waals surface area contributed by atoms with Gasteiger partial charge in [-0.3, -0.25) is 0 Å². The molecule has 0 aliphatic rings. The molecule has 0 spiro atoms. The van der Waals surface area contributed by atoms with Crippen LogP contribution in [0.3, 0.4) is 0 Å². The molecule has 0 bridgehead atoms. The first kappa shape index (κ1) is 10.5. The number of hydrogen-bond acceptors (Lipinski definition) is 0. The molecule has 1 heteroatoms. The summed E-state index contributed by atoms with van der Waals surface area (Å²) < 4.78 is 10.3. The maximum atomic E-state index is 8.15. The van der Waals surface area contributed by atoms with Gasteiger partial charge in [-0.15, -0.1) is 0 Å². The lowest BCUT2D eigenvalue weighted by atomic mass is 9.99. The van der Waals surface area contributed by atoms with E-state index >= 15 is 0 Å². The van der Waals surface area contributed by atoms with Crippen LogP contribution in [0, 0.1) is 6.92 Å². The molecule has 1 heterocycles. The lowest BCUT2D eigenvalue weighted by molar-refractivity contribution is -0.660. The molecule has 0 atom stereocenters. The van der Waals surface area contributed by atoms with Crippen LogP contribution in [0.4, 0.5) is 0 Å². The van der Waals surface area contributed by atoms with E-state index < -0.39 is 5.89 Å². The van der Waals surface area contributed by atoms with Crippen molar-refractivity contribution < 1.29 is 5.94 Å². The third-order valence-corrected chi connectivity index (χ3v) is 3.15. The van der Waals surface area contributed by atoms with Crippen LogP contribution >= 0.6 is 0 Å². The lowest BCUT2D eigenvalue weighted by Crippen LogP contribution is -2.30. The Kier molecular flexibility index (Phi) is 2.91. The minimum Gasteiger partial charge on any atom is -0.201 e. The van der Waals surface area contributed by atoms with Gasteiger partial charge in [0.15, 0.2) is 6.20 Å². The highest BCUT2D eigenvalue weighted by Gasteiger charge is 2.13. The molecule has 0 saturated carbocycles. The van der Waals surface area contributed by atoms with E-state index in [9.17, 15) is 0 Å². The van der Waals surface area contributed by atoms with Crippen LogP contribution < -0.4 is 4.57 Å². The predicted molar refractivity (Wildman–Crippen MR) is 71.9 cm³/mol. The van der Waals surface area contributed by atoms with E-state index in [1.165, 1.54) is 11.1 Å². The fraction of sp³-hybridized carbons (Fsp3) is 0.312. The summed E-state index contributed by atoms with van der Waals surface area (Å²) in [7, 11) is 2.04. The van der Waals surface area contributed by atoms with Crippen LogP contribution in [0.2, 0.25) is 0 Å². The lowest BCUT2D eigenvalue weighted by Gasteiger charge is -2.08. The third kappa shape index (κ3) is 2.38. The number of benzene rings is 1. The van der Waals surface area contributed by atoms with Crippen molar-refractivity contribution in [3.05, 3.63) is 53.7 Å². The Morgan fingerprint density at radius 2 is 1.88 bits per heavy atom. The number of nitrogens with zero attached hydrogens (tertiary/aromatic N) is 1. The molecule has 1 nitrogen and oxygen atoms in total. The monoisotopic (exact) mass is 227 g/mol. The van der Waals surface area contributed by atoms with Gasteiger partial charge < -0.3 is 0 Å². The van der Waals surface area contributed by atoms with Gasteiger partial charge in [-0.25, -0.2) is 4.57 Å². The average molecular weight is 227 g/mol. The largest absolute Gasteiger partial charge is 0.212 e. The van der Waals surface area contributed by atoms with Crippen LogP contribution in [0.25, 0.3) is 11.3 Å². The molecule has 17 heavy (non-hydrogen) atoms. The quantitative estimate of drug-likeness (QED) is 0.690. The van der Waals surface area contributed by atoms with Gasteiger partial charge in [-0.2, -0.15) is 0 Å². The molecule has 1 aromatic heterocycles. The summed E-state index contributed by atoms with van der Waals surface area (Å²) in [5, 5.41) is 0. The van der Waals surface area contributed by atoms with Crippen molar-refractivity contribution in [2.75, 3.05) is 0 Å². The Morgan fingerprint density at radius 3 is 2.53 bits per heavy atom. The Hall–Kier alpha value is -1.63. The van der Waals surface area contributed by atoms with Gasteiger partial charge >= 0.3 is 0 Å². The summed E-state index contributed by atoms with van der Waals surface area (Å²) in [4.78, 5) is 0. The number of aryl methyl sites for hydroxylation is 2. The Bertz CT molecular complexity index is 568. The summed E-state index contributed by atoms with van der Waals surface area (Å²) in [5.74, 6) is -0.564. The smallest absolute Gasteiger partial charge is 0.201 e. The van der Waals surface area contributed by atoms with Gasteiger partial charge in [0.25, 0.3) is 0 Å². The normalized spacial score (nSPS) is 12.4. The highest BCUT2D eigenvalue weighted by molar-refractivity contribution is 5.61. The maximum Gasteiger partial charge on any atom is 0.212 e. The van der Waals surface area contributed by atoms with Gasteiger partial charge in [-0.05, 0) is 30.0 Å². The first-order valence-corrected chi connectivity index (χ1v) is 5.96. The van der Waals surface area contributed by atoms with Crippen molar-refractivity contribution in [2.45, 2.75) is 26.7 Å². The van der Waals surface area contributed by atoms with E-state index in [4.69, 9.17) is 1.37 Å². The van der Waals surface area contributed by atoms with Crippen LogP contribution in [-0.2, 0) is 7.05 Å². The molecule has 0 aliphatic carbocycles. The van der Waals surface area contributed by atoms with Gasteiger partial charge in [0.2, 0.25) is 5.69 Å². The van der Waals surface area contributed by atoms with Gasteiger partial charge in [0, 0.05) is 19.1 Å². The summed E-state index contributed by atoms with van der Waals surface area (Å²) in [6.07, 6.45) is 2.04. The fourth-order valence-electron chi connectivity index (χ4n) is 2.01. The molecule has 88 valence electrons. The van der Waals surface area contributed by atoms with Crippen LogP contribution in [0.15, 0.2) is 42.6 Å². The topological polar surface area (TPSA) is 3.88 Å². The Labute approximate surface area is 105 Å². The fourth-order valence-corrected chi connectivity index (χ4v) is 2.01. The molecular formula is C16H20N+. The molecule has 2 rings (SSSR count). The van der Waals surface area contributed by atoms with E-state index in [0.29, 0.717) is 0 Å². The summed E-state index contributed by atoms with van der Waals surface area (Å²) in [6, 6.07) is 12.5. The second-order valence-corrected chi connectivity index (χ2v) is 4.73. The van der Waals surface area contributed by atoms with Crippen LogP contribution in [0.1, 0.15) is 32.2 Å². The molecule has 0 unspecified atom stereocenters.